The van der Waals surface area contributed by atoms with E-state index in [1.54, 1.807) is 25.4 Å². The van der Waals surface area contributed by atoms with Crippen molar-refractivity contribution < 1.29 is 14.3 Å². The summed E-state index contributed by atoms with van der Waals surface area (Å²) in [5.41, 5.74) is 1.27. The Morgan fingerprint density at radius 3 is 2.85 bits per heavy atom. The van der Waals surface area contributed by atoms with Gasteiger partial charge in [0.05, 0.1) is 31.6 Å². The Morgan fingerprint density at radius 1 is 1.22 bits per heavy atom. The zero-order chi connectivity index (χ0) is 18.9. The number of aromatic nitrogens is 1. The number of nitrogens with one attached hydrogen (secondary N) is 2. The third-order valence-electron chi connectivity index (χ3n) is 4.45. The summed E-state index contributed by atoms with van der Waals surface area (Å²) in [6, 6.07) is 11.1. The summed E-state index contributed by atoms with van der Waals surface area (Å²) in [5.74, 6) is 1.06. The van der Waals surface area contributed by atoms with Gasteiger partial charge in [0, 0.05) is 25.8 Å². The topological polar surface area (TPSA) is 75.7 Å². The van der Waals surface area contributed by atoms with Crippen LogP contribution < -0.4 is 15.4 Å². The summed E-state index contributed by atoms with van der Waals surface area (Å²) in [6.07, 6.45) is 2.56. The largest absolute Gasteiger partial charge is 0.495 e. The van der Waals surface area contributed by atoms with Gasteiger partial charge in [-0.15, -0.1) is 0 Å². The minimum absolute atomic E-state index is 0.137. The summed E-state index contributed by atoms with van der Waals surface area (Å²) in [6.45, 7) is 5.09. The van der Waals surface area contributed by atoms with Crippen molar-refractivity contribution in [2.24, 2.45) is 0 Å². The number of benzene rings is 1. The molecule has 0 bridgehead atoms. The molecule has 7 heteroatoms. The minimum Gasteiger partial charge on any atom is -0.495 e. The molecule has 2 aromatic rings. The van der Waals surface area contributed by atoms with Crippen LogP contribution in [0.1, 0.15) is 16.8 Å². The maximum Gasteiger partial charge on any atom is 0.255 e. The molecular weight excluding hydrogens is 344 g/mol. The lowest BCUT2D eigenvalue weighted by Crippen LogP contribution is -2.38. The first-order chi connectivity index (χ1) is 13.3. The highest BCUT2D eigenvalue weighted by Crippen LogP contribution is 2.27. The molecule has 1 amide bonds. The number of carbonyl (C=O) groups excluding carboxylic acids is 1. The molecule has 0 unspecified atom stereocenters. The van der Waals surface area contributed by atoms with E-state index < -0.39 is 0 Å². The molecule has 0 aliphatic carbocycles. The summed E-state index contributed by atoms with van der Waals surface area (Å²) < 4.78 is 10.7. The van der Waals surface area contributed by atoms with Crippen LogP contribution in [0.2, 0.25) is 0 Å². The predicted molar refractivity (Wildman–Crippen MR) is 105 cm³/mol. The van der Waals surface area contributed by atoms with Gasteiger partial charge in [-0.3, -0.25) is 9.69 Å². The number of ether oxygens (including phenoxy) is 2. The SMILES string of the molecule is COc1ccccc1Nc1ncccc1C(=O)NCCCN1CCOCC1. The van der Waals surface area contributed by atoms with Crippen LogP contribution in [-0.2, 0) is 4.74 Å². The lowest BCUT2D eigenvalue weighted by Gasteiger charge is -2.26. The standard InChI is InChI=1S/C20H26N4O3/c1-26-18-8-3-2-7-17(18)23-19-16(6-4-9-21-19)20(25)22-10-5-11-24-12-14-27-15-13-24/h2-4,6-9H,5,10-15H2,1H3,(H,21,23)(H,22,25). The normalized spacial score (nSPS) is 14.6. The quantitative estimate of drug-likeness (QED) is 0.695. The number of nitrogens with zero attached hydrogens (tertiary/aromatic N) is 2. The fourth-order valence-electron chi connectivity index (χ4n) is 2.99. The molecule has 2 N–H and O–H groups in total. The highest BCUT2D eigenvalue weighted by atomic mass is 16.5. The number of pyridine rings is 1. The smallest absolute Gasteiger partial charge is 0.255 e. The fraction of sp³-hybridized carbons (Fsp3) is 0.400. The van der Waals surface area contributed by atoms with Gasteiger partial charge in [-0.1, -0.05) is 12.1 Å². The highest BCUT2D eigenvalue weighted by molar-refractivity contribution is 5.99. The second-order valence-corrected chi connectivity index (χ2v) is 6.29. The van der Waals surface area contributed by atoms with Crippen LogP contribution in [0.25, 0.3) is 0 Å². The van der Waals surface area contributed by atoms with Crippen molar-refractivity contribution in [3.05, 3.63) is 48.2 Å². The van der Waals surface area contributed by atoms with E-state index in [-0.39, 0.29) is 5.91 Å². The van der Waals surface area contributed by atoms with Gasteiger partial charge in [0.25, 0.3) is 5.91 Å². The highest BCUT2D eigenvalue weighted by Gasteiger charge is 2.14. The minimum atomic E-state index is -0.137. The number of para-hydroxylation sites is 2. The molecule has 1 aliphatic heterocycles. The average Bonchev–Trinajstić information content (AvgIpc) is 2.72. The molecule has 3 rings (SSSR count). The maximum atomic E-state index is 12.6. The van der Waals surface area contributed by atoms with E-state index in [9.17, 15) is 4.79 Å². The summed E-state index contributed by atoms with van der Waals surface area (Å²) >= 11 is 0. The predicted octanol–water partition coefficient (Wildman–Crippen LogP) is 2.29. The first-order valence-electron chi connectivity index (χ1n) is 9.21. The molecule has 7 nitrogen and oxygen atoms in total. The van der Waals surface area contributed by atoms with Crippen molar-refractivity contribution in [3.63, 3.8) is 0 Å². The van der Waals surface area contributed by atoms with Crippen molar-refractivity contribution in [1.82, 2.24) is 15.2 Å². The van der Waals surface area contributed by atoms with Crippen LogP contribution in [0.15, 0.2) is 42.6 Å². The molecule has 2 heterocycles. The molecule has 1 saturated heterocycles. The number of morpholine rings is 1. The second-order valence-electron chi connectivity index (χ2n) is 6.29. The van der Waals surface area contributed by atoms with Crippen LogP contribution in [0.3, 0.4) is 0 Å². The van der Waals surface area contributed by atoms with E-state index in [0.29, 0.717) is 23.7 Å². The third-order valence-corrected chi connectivity index (χ3v) is 4.45. The Kier molecular flexibility index (Phi) is 7.01. The van der Waals surface area contributed by atoms with E-state index in [2.05, 4.69) is 20.5 Å². The molecule has 1 fully saturated rings. The average molecular weight is 370 g/mol. The molecule has 27 heavy (non-hydrogen) atoms. The van der Waals surface area contributed by atoms with Crippen LogP contribution in [-0.4, -0.2) is 62.3 Å². The van der Waals surface area contributed by atoms with E-state index in [1.165, 1.54) is 0 Å². The Bertz CT molecular complexity index is 748. The molecule has 1 aromatic heterocycles. The Labute approximate surface area is 159 Å². The number of hydrogen-bond donors (Lipinski definition) is 2. The fourth-order valence-corrected chi connectivity index (χ4v) is 2.99. The lowest BCUT2D eigenvalue weighted by molar-refractivity contribution is 0.0374. The van der Waals surface area contributed by atoms with E-state index in [0.717, 1.165) is 45.0 Å². The second kappa shape index (κ2) is 9.89. The van der Waals surface area contributed by atoms with Gasteiger partial charge in [-0.2, -0.15) is 0 Å². The number of anilines is 2. The number of carbonyl (C=O) groups is 1. The number of methoxy groups -OCH3 is 1. The van der Waals surface area contributed by atoms with Crippen molar-refractivity contribution >= 4 is 17.4 Å². The number of rotatable bonds is 8. The number of hydrogen-bond acceptors (Lipinski definition) is 6. The molecule has 144 valence electrons. The Hall–Kier alpha value is -2.64. The lowest BCUT2D eigenvalue weighted by atomic mass is 10.2. The molecular formula is C20H26N4O3. The van der Waals surface area contributed by atoms with Crippen molar-refractivity contribution in [1.29, 1.82) is 0 Å². The van der Waals surface area contributed by atoms with Crippen molar-refractivity contribution in [2.45, 2.75) is 6.42 Å². The zero-order valence-electron chi connectivity index (χ0n) is 15.6. The van der Waals surface area contributed by atoms with E-state index in [1.807, 2.05) is 24.3 Å². The zero-order valence-corrected chi connectivity index (χ0v) is 15.6. The first-order valence-corrected chi connectivity index (χ1v) is 9.21. The van der Waals surface area contributed by atoms with Crippen molar-refractivity contribution in [3.8, 4) is 5.75 Å². The van der Waals surface area contributed by atoms with E-state index >= 15 is 0 Å². The first kappa shape index (κ1) is 19.1. The Morgan fingerprint density at radius 2 is 2.04 bits per heavy atom. The number of amides is 1. The molecule has 0 saturated carbocycles. The molecule has 0 radical (unpaired) electrons. The van der Waals surface area contributed by atoms with E-state index in [4.69, 9.17) is 9.47 Å². The van der Waals surface area contributed by atoms with Gasteiger partial charge in [0.2, 0.25) is 0 Å². The Balaban J connectivity index is 1.57. The van der Waals surface area contributed by atoms with Crippen LogP contribution in [0.4, 0.5) is 11.5 Å². The van der Waals surface area contributed by atoms with Crippen LogP contribution in [0.5, 0.6) is 5.75 Å². The molecule has 0 spiro atoms. The van der Waals surface area contributed by atoms with Gasteiger partial charge in [0.1, 0.15) is 11.6 Å². The third kappa shape index (κ3) is 5.42. The van der Waals surface area contributed by atoms with Crippen LogP contribution >= 0.6 is 0 Å². The van der Waals surface area contributed by atoms with Gasteiger partial charge in [-0.25, -0.2) is 4.98 Å². The van der Waals surface area contributed by atoms with Gasteiger partial charge >= 0.3 is 0 Å². The summed E-state index contributed by atoms with van der Waals surface area (Å²) in [7, 11) is 1.61. The van der Waals surface area contributed by atoms with Gasteiger partial charge in [0.15, 0.2) is 0 Å². The monoisotopic (exact) mass is 370 g/mol. The molecule has 0 atom stereocenters. The van der Waals surface area contributed by atoms with Crippen molar-refractivity contribution in [2.75, 3.05) is 51.8 Å². The molecule has 1 aromatic carbocycles. The van der Waals surface area contributed by atoms with Gasteiger partial charge in [-0.05, 0) is 37.2 Å². The van der Waals surface area contributed by atoms with Crippen LogP contribution in [0, 0.1) is 0 Å². The summed E-state index contributed by atoms with van der Waals surface area (Å²) in [4.78, 5) is 19.3. The summed E-state index contributed by atoms with van der Waals surface area (Å²) in [5, 5.41) is 6.18. The maximum absolute atomic E-state index is 12.6. The molecule has 1 aliphatic rings. The van der Waals surface area contributed by atoms with Gasteiger partial charge < -0.3 is 20.1 Å².